The summed E-state index contributed by atoms with van der Waals surface area (Å²) in [5, 5.41) is 0.542. The van der Waals surface area contributed by atoms with Crippen molar-refractivity contribution < 1.29 is 14.3 Å². The summed E-state index contributed by atoms with van der Waals surface area (Å²) in [4.78, 5) is 25.9. The molecule has 1 fully saturated rings. The maximum absolute atomic E-state index is 12.5. The van der Waals surface area contributed by atoms with Gasteiger partial charge >= 0.3 is 5.97 Å². The van der Waals surface area contributed by atoms with Gasteiger partial charge in [-0.2, -0.15) is 0 Å². The Labute approximate surface area is 123 Å². The smallest absolute Gasteiger partial charge is 0.310 e. The summed E-state index contributed by atoms with van der Waals surface area (Å²) < 4.78 is 4.77. The van der Waals surface area contributed by atoms with E-state index in [1.54, 1.807) is 17.0 Å². The zero-order chi connectivity index (χ0) is 14.7. The molecule has 0 aromatic heterocycles. The van der Waals surface area contributed by atoms with Gasteiger partial charge < -0.3 is 9.64 Å². The van der Waals surface area contributed by atoms with Crippen molar-refractivity contribution in [3.63, 3.8) is 0 Å². The van der Waals surface area contributed by atoms with E-state index in [9.17, 15) is 9.59 Å². The molecule has 0 saturated carbocycles. The number of benzene rings is 1. The quantitative estimate of drug-likeness (QED) is 0.788. The molecule has 5 heteroatoms. The van der Waals surface area contributed by atoms with Crippen LogP contribution in [0.15, 0.2) is 18.2 Å². The molecule has 1 aliphatic rings. The van der Waals surface area contributed by atoms with E-state index >= 15 is 0 Å². The highest BCUT2D eigenvalue weighted by Gasteiger charge is 2.29. The normalized spacial score (nSPS) is 18.8. The lowest BCUT2D eigenvalue weighted by Gasteiger charge is -2.31. The van der Waals surface area contributed by atoms with Crippen LogP contribution >= 0.6 is 11.6 Å². The number of likely N-dealkylation sites (tertiary alicyclic amines) is 1. The van der Waals surface area contributed by atoms with Crippen LogP contribution in [0.25, 0.3) is 0 Å². The summed E-state index contributed by atoms with van der Waals surface area (Å²) in [7, 11) is 1.38. The van der Waals surface area contributed by atoms with Crippen molar-refractivity contribution in [1.82, 2.24) is 4.90 Å². The minimum atomic E-state index is -0.245. The highest BCUT2D eigenvalue weighted by atomic mass is 35.5. The van der Waals surface area contributed by atoms with Crippen molar-refractivity contribution in [2.45, 2.75) is 19.8 Å². The molecule has 0 bridgehead atoms. The largest absolute Gasteiger partial charge is 0.469 e. The summed E-state index contributed by atoms with van der Waals surface area (Å²) >= 11 is 5.96. The Balaban J connectivity index is 2.16. The van der Waals surface area contributed by atoms with Gasteiger partial charge in [-0.3, -0.25) is 9.59 Å². The first-order valence-corrected chi connectivity index (χ1v) is 7.04. The maximum atomic E-state index is 12.5. The van der Waals surface area contributed by atoms with Crippen molar-refractivity contribution in [2.24, 2.45) is 5.92 Å². The summed E-state index contributed by atoms with van der Waals surface area (Å²) in [6.07, 6.45) is 1.58. The van der Waals surface area contributed by atoms with Gasteiger partial charge in [-0.1, -0.05) is 17.7 Å². The molecule has 4 nitrogen and oxygen atoms in total. The molecule has 0 unspecified atom stereocenters. The van der Waals surface area contributed by atoms with Crippen molar-refractivity contribution in [2.75, 3.05) is 20.2 Å². The van der Waals surface area contributed by atoms with Crippen LogP contribution in [0.1, 0.15) is 28.8 Å². The van der Waals surface area contributed by atoms with E-state index < -0.39 is 0 Å². The van der Waals surface area contributed by atoms with E-state index in [1.165, 1.54) is 7.11 Å². The van der Waals surface area contributed by atoms with E-state index in [4.69, 9.17) is 16.3 Å². The second kappa shape index (κ2) is 6.27. The van der Waals surface area contributed by atoms with Gasteiger partial charge in [0.25, 0.3) is 5.91 Å². The molecular formula is C15H18ClNO3. The van der Waals surface area contributed by atoms with Crippen LogP contribution in [0.4, 0.5) is 0 Å². The fraction of sp³-hybridized carbons (Fsp3) is 0.467. The topological polar surface area (TPSA) is 46.6 Å². The van der Waals surface area contributed by atoms with E-state index in [-0.39, 0.29) is 17.8 Å². The van der Waals surface area contributed by atoms with Crippen LogP contribution in [0.3, 0.4) is 0 Å². The monoisotopic (exact) mass is 295 g/mol. The Morgan fingerprint density at radius 1 is 1.40 bits per heavy atom. The number of hydrogen-bond donors (Lipinski definition) is 0. The lowest BCUT2D eigenvalue weighted by atomic mass is 9.97. The highest BCUT2D eigenvalue weighted by molar-refractivity contribution is 6.31. The Hall–Kier alpha value is -1.55. The molecule has 0 aliphatic carbocycles. The number of ether oxygens (including phenoxy) is 1. The van der Waals surface area contributed by atoms with Crippen molar-refractivity contribution in [3.8, 4) is 0 Å². The lowest BCUT2D eigenvalue weighted by molar-refractivity contribution is -0.146. The van der Waals surface area contributed by atoms with E-state index in [1.807, 2.05) is 13.0 Å². The third kappa shape index (κ3) is 3.12. The van der Waals surface area contributed by atoms with Crippen LogP contribution < -0.4 is 0 Å². The molecule has 2 rings (SSSR count). The first kappa shape index (κ1) is 14.9. The number of amides is 1. The molecule has 1 heterocycles. The van der Waals surface area contributed by atoms with Gasteiger partial charge in [0.2, 0.25) is 0 Å². The molecule has 0 radical (unpaired) electrons. The minimum Gasteiger partial charge on any atom is -0.469 e. The first-order chi connectivity index (χ1) is 9.52. The van der Waals surface area contributed by atoms with Crippen molar-refractivity contribution >= 4 is 23.5 Å². The highest BCUT2D eigenvalue weighted by Crippen LogP contribution is 2.22. The molecule has 0 spiro atoms. The fourth-order valence-electron chi connectivity index (χ4n) is 2.52. The number of methoxy groups -OCH3 is 1. The first-order valence-electron chi connectivity index (χ1n) is 6.66. The van der Waals surface area contributed by atoms with Crippen molar-refractivity contribution in [3.05, 3.63) is 34.3 Å². The van der Waals surface area contributed by atoms with Gasteiger partial charge in [-0.15, -0.1) is 0 Å². The molecule has 1 aliphatic heterocycles. The molecule has 1 saturated heterocycles. The van der Waals surface area contributed by atoms with Crippen molar-refractivity contribution in [1.29, 1.82) is 0 Å². The Morgan fingerprint density at radius 3 is 2.85 bits per heavy atom. The van der Waals surface area contributed by atoms with Crippen LogP contribution in [0, 0.1) is 12.8 Å². The van der Waals surface area contributed by atoms with Gasteiger partial charge in [0.15, 0.2) is 0 Å². The lowest BCUT2D eigenvalue weighted by Crippen LogP contribution is -2.42. The number of nitrogens with zero attached hydrogens (tertiary/aromatic N) is 1. The average Bonchev–Trinajstić information content (AvgIpc) is 2.48. The third-order valence-corrected chi connectivity index (χ3v) is 3.91. The van der Waals surface area contributed by atoms with Gasteiger partial charge in [-0.05, 0) is 37.5 Å². The predicted octanol–water partition coefficient (Wildman–Crippen LogP) is 2.67. The number of carbonyl (C=O) groups is 2. The third-order valence-electron chi connectivity index (χ3n) is 3.67. The van der Waals surface area contributed by atoms with Crippen LogP contribution in [0.2, 0.25) is 5.02 Å². The number of piperidine rings is 1. The molecule has 20 heavy (non-hydrogen) atoms. The van der Waals surface area contributed by atoms with Crippen LogP contribution in [-0.2, 0) is 9.53 Å². The van der Waals surface area contributed by atoms with Gasteiger partial charge in [0.05, 0.1) is 13.0 Å². The SMILES string of the molecule is COC(=O)[C@H]1CCCN(C(=O)c2cc(Cl)ccc2C)C1. The Kier molecular flexibility index (Phi) is 4.65. The fourth-order valence-corrected chi connectivity index (χ4v) is 2.69. The number of rotatable bonds is 2. The maximum Gasteiger partial charge on any atom is 0.310 e. The van der Waals surface area contributed by atoms with Gasteiger partial charge in [0.1, 0.15) is 0 Å². The van der Waals surface area contributed by atoms with E-state index in [0.29, 0.717) is 23.7 Å². The number of halogens is 1. The average molecular weight is 296 g/mol. The van der Waals surface area contributed by atoms with Crippen LogP contribution in [0.5, 0.6) is 0 Å². The van der Waals surface area contributed by atoms with Crippen LogP contribution in [-0.4, -0.2) is 37.0 Å². The number of hydrogen-bond acceptors (Lipinski definition) is 3. The second-order valence-electron chi connectivity index (χ2n) is 5.07. The molecule has 1 atom stereocenters. The van der Waals surface area contributed by atoms with E-state index in [0.717, 1.165) is 18.4 Å². The molecule has 1 aromatic rings. The summed E-state index contributed by atoms with van der Waals surface area (Å²) in [5.74, 6) is -0.541. The minimum absolute atomic E-state index is 0.0707. The number of carbonyl (C=O) groups excluding carboxylic acids is 2. The summed E-state index contributed by atoms with van der Waals surface area (Å²) in [6, 6.07) is 5.28. The van der Waals surface area contributed by atoms with Gasteiger partial charge in [-0.25, -0.2) is 0 Å². The number of aryl methyl sites for hydroxylation is 1. The molecular weight excluding hydrogens is 278 g/mol. The van der Waals surface area contributed by atoms with Gasteiger partial charge in [0, 0.05) is 23.7 Å². The summed E-state index contributed by atoms with van der Waals surface area (Å²) in [6.45, 7) is 2.96. The molecule has 0 N–H and O–H groups in total. The zero-order valence-electron chi connectivity index (χ0n) is 11.7. The molecule has 1 aromatic carbocycles. The standard InChI is InChI=1S/C15H18ClNO3/c1-10-5-6-12(16)8-13(10)14(18)17-7-3-4-11(9-17)15(19)20-2/h5-6,8,11H,3-4,7,9H2,1-2H3/t11-/m0/s1. The Bertz CT molecular complexity index is 530. The van der Waals surface area contributed by atoms with E-state index in [2.05, 4.69) is 0 Å². The molecule has 108 valence electrons. The Morgan fingerprint density at radius 2 is 2.15 bits per heavy atom. The zero-order valence-corrected chi connectivity index (χ0v) is 12.4. The summed E-state index contributed by atoms with van der Waals surface area (Å²) in [5.41, 5.74) is 1.49. The second-order valence-corrected chi connectivity index (χ2v) is 5.51. The predicted molar refractivity (Wildman–Crippen MR) is 76.8 cm³/mol. The number of esters is 1. The molecule has 1 amide bonds.